The first-order chi connectivity index (χ1) is 10.0. The molecule has 0 fully saturated rings. The molecule has 134 valence electrons. The molecule has 6 unspecified atom stereocenters. The quantitative estimate of drug-likeness (QED) is 0.218. The molecule has 0 saturated heterocycles. The molecule has 0 spiro atoms. The second-order valence-electron chi connectivity index (χ2n) is 4.72. The Hall–Kier alpha value is 0.0174. The predicted octanol–water partition coefficient (Wildman–Crippen LogP) is -0.296. The van der Waals surface area contributed by atoms with Crippen molar-refractivity contribution in [1.82, 2.24) is 0 Å². The fourth-order valence-corrected chi connectivity index (χ4v) is 2.20. The third-order valence-corrected chi connectivity index (χ3v) is 3.56. The van der Waals surface area contributed by atoms with Crippen molar-refractivity contribution < 1.29 is 62.6 Å². The van der Waals surface area contributed by atoms with Gasteiger partial charge in [0, 0.05) is 0 Å². The zero-order valence-corrected chi connectivity index (χ0v) is 13.1. The van der Waals surface area contributed by atoms with E-state index in [0.717, 1.165) is 0 Å². The normalized spacial score (nSPS) is 20.0. The molecule has 0 radical (unpaired) electrons. The largest absolute Gasteiger partial charge is 1.00 e. The molecule has 0 N–H and O–H groups in total. The molecule has 0 rings (SSSR count). The van der Waals surface area contributed by atoms with Gasteiger partial charge in [-0.25, -0.2) is 34.8 Å². The average molecular weight is 368 g/mol. The number of halogens is 7. The van der Waals surface area contributed by atoms with Crippen LogP contribution in [0.2, 0.25) is 0 Å². The van der Waals surface area contributed by atoms with Gasteiger partial charge < -0.3 is 4.55 Å². The summed E-state index contributed by atoms with van der Waals surface area (Å²) in [7, 11) is -5.24. The Morgan fingerprint density at radius 1 is 0.783 bits per heavy atom. The Bertz CT molecular complexity index is 414. The van der Waals surface area contributed by atoms with Crippen molar-refractivity contribution in [3.05, 3.63) is 0 Å². The topological polar surface area (TPSA) is 57.2 Å². The van der Waals surface area contributed by atoms with E-state index in [0.29, 0.717) is 0 Å². The summed E-state index contributed by atoms with van der Waals surface area (Å²) in [6.07, 6.45) is -20.1. The van der Waals surface area contributed by atoms with Crippen molar-refractivity contribution in [3.8, 4) is 0 Å². The van der Waals surface area contributed by atoms with E-state index in [1.807, 2.05) is 0 Å². The van der Waals surface area contributed by atoms with Crippen molar-refractivity contribution in [1.29, 1.82) is 0 Å². The van der Waals surface area contributed by atoms with Crippen LogP contribution in [0.3, 0.4) is 0 Å². The number of unbranched alkanes of at least 4 members (excludes halogenated alkanes) is 1. The number of rotatable bonds is 11. The van der Waals surface area contributed by atoms with Gasteiger partial charge in [-0.2, -0.15) is 0 Å². The van der Waals surface area contributed by atoms with Gasteiger partial charge in [0.05, 0.1) is 22.5 Å². The number of hydrogen-bond acceptors (Lipinski definition) is 3. The van der Waals surface area contributed by atoms with Crippen molar-refractivity contribution in [2.45, 2.75) is 56.3 Å². The molecule has 0 amide bonds. The van der Waals surface area contributed by atoms with Crippen LogP contribution in [-0.2, 0) is 10.1 Å². The Morgan fingerprint density at radius 2 is 1.22 bits per heavy atom. The van der Waals surface area contributed by atoms with Crippen LogP contribution in [-0.4, -0.2) is 62.4 Å². The van der Waals surface area contributed by atoms with Crippen LogP contribution in [0.25, 0.3) is 0 Å². The maximum Gasteiger partial charge on any atom is 1.00 e. The van der Waals surface area contributed by atoms with E-state index in [1.165, 1.54) is 0 Å². The van der Waals surface area contributed by atoms with Crippen molar-refractivity contribution in [2.75, 3.05) is 12.4 Å². The van der Waals surface area contributed by atoms with Crippen LogP contribution >= 0.6 is 0 Å². The second-order valence-corrected chi connectivity index (χ2v) is 6.17. The molecule has 0 aliphatic heterocycles. The molecular formula is C11H16F7LiO3S. The molecule has 3 nitrogen and oxygen atoms in total. The Labute approximate surface area is 141 Å². The van der Waals surface area contributed by atoms with Gasteiger partial charge in [0.1, 0.15) is 12.3 Å². The van der Waals surface area contributed by atoms with Crippen LogP contribution in [0.15, 0.2) is 0 Å². The maximum atomic E-state index is 13.3. The van der Waals surface area contributed by atoms with Crippen LogP contribution in [0.5, 0.6) is 0 Å². The fraction of sp³-hybridized carbons (Fsp3) is 1.00. The van der Waals surface area contributed by atoms with Gasteiger partial charge in [-0.05, 0) is 19.3 Å². The second kappa shape index (κ2) is 11.6. The van der Waals surface area contributed by atoms with E-state index in [9.17, 15) is 43.7 Å². The molecule has 0 aromatic heterocycles. The minimum atomic E-state index is -5.24. The summed E-state index contributed by atoms with van der Waals surface area (Å²) >= 11 is 0. The molecular weight excluding hydrogens is 352 g/mol. The molecule has 0 heterocycles. The Morgan fingerprint density at radius 3 is 1.61 bits per heavy atom. The predicted molar refractivity (Wildman–Crippen MR) is 63.8 cm³/mol. The smallest absolute Gasteiger partial charge is 0.748 e. The molecule has 0 aromatic carbocycles. The summed E-state index contributed by atoms with van der Waals surface area (Å²) in [4.78, 5) is 0. The van der Waals surface area contributed by atoms with Gasteiger partial charge in [0.2, 0.25) is 0 Å². The molecule has 6 atom stereocenters. The van der Waals surface area contributed by atoms with Crippen LogP contribution in [0.1, 0.15) is 19.3 Å². The average Bonchev–Trinajstić information content (AvgIpc) is 2.42. The summed E-state index contributed by atoms with van der Waals surface area (Å²) in [5.74, 6) is -1.95. The third-order valence-electron chi connectivity index (χ3n) is 2.83. The first-order valence-corrected chi connectivity index (χ1v) is 7.93. The van der Waals surface area contributed by atoms with Gasteiger partial charge in [-0.15, -0.1) is 0 Å². The minimum Gasteiger partial charge on any atom is -0.748 e. The summed E-state index contributed by atoms with van der Waals surface area (Å²) < 4.78 is 121. The van der Waals surface area contributed by atoms with Crippen molar-refractivity contribution in [3.63, 3.8) is 0 Å². The summed E-state index contributed by atoms with van der Waals surface area (Å²) in [6, 6.07) is 0. The standard InChI is InChI=1S/C11H17F7O3S.Li/c12-4-2-1-3-6(13)8(15)10(17)11(18)9(16)7(14)5-22(19,20)21;/h6-11H,1-5H2,(H,19,20,21);/q;+1/p-1. The molecule has 0 bridgehead atoms. The van der Waals surface area contributed by atoms with Gasteiger partial charge >= 0.3 is 18.9 Å². The van der Waals surface area contributed by atoms with Gasteiger partial charge in [0.25, 0.3) is 0 Å². The van der Waals surface area contributed by atoms with E-state index in [2.05, 4.69) is 0 Å². The Kier molecular flexibility index (Phi) is 12.7. The first-order valence-electron chi connectivity index (χ1n) is 6.35. The molecule has 0 aromatic rings. The molecule has 0 aliphatic rings. The van der Waals surface area contributed by atoms with Gasteiger partial charge in [-0.3, -0.25) is 4.39 Å². The van der Waals surface area contributed by atoms with Gasteiger partial charge in [0.15, 0.2) is 24.7 Å². The molecule has 23 heavy (non-hydrogen) atoms. The minimum absolute atomic E-state index is 0. The Balaban J connectivity index is 0. The van der Waals surface area contributed by atoms with Crippen molar-refractivity contribution >= 4 is 10.1 Å². The van der Waals surface area contributed by atoms with Crippen LogP contribution in [0.4, 0.5) is 30.7 Å². The fourth-order valence-electron chi connectivity index (χ4n) is 1.63. The van der Waals surface area contributed by atoms with E-state index < -0.39 is 66.0 Å². The molecule has 0 saturated carbocycles. The van der Waals surface area contributed by atoms with Gasteiger partial charge in [-0.1, -0.05) is 0 Å². The summed E-state index contributed by atoms with van der Waals surface area (Å²) in [5.41, 5.74) is 0. The van der Waals surface area contributed by atoms with E-state index >= 15 is 0 Å². The van der Waals surface area contributed by atoms with E-state index in [-0.39, 0.29) is 31.7 Å². The van der Waals surface area contributed by atoms with E-state index in [4.69, 9.17) is 0 Å². The number of alkyl halides is 7. The zero-order valence-electron chi connectivity index (χ0n) is 12.3. The SMILES string of the molecule is O=S(=O)([O-])CC(F)C(F)C(F)C(F)C(F)C(F)CCCCF.[Li+]. The summed E-state index contributed by atoms with van der Waals surface area (Å²) in [6.45, 7) is -0.811. The summed E-state index contributed by atoms with van der Waals surface area (Å²) in [5, 5.41) is 0. The number of hydrogen-bond donors (Lipinski definition) is 0. The zero-order chi connectivity index (χ0) is 17.5. The first kappa shape index (κ1) is 25.3. The van der Waals surface area contributed by atoms with E-state index in [1.54, 1.807) is 0 Å². The van der Waals surface area contributed by atoms with Crippen LogP contribution in [0, 0.1) is 0 Å². The molecule has 12 heteroatoms. The molecule has 0 aliphatic carbocycles. The maximum absolute atomic E-state index is 13.3. The third kappa shape index (κ3) is 9.79. The monoisotopic (exact) mass is 368 g/mol. The van der Waals surface area contributed by atoms with Crippen molar-refractivity contribution in [2.24, 2.45) is 0 Å². The van der Waals surface area contributed by atoms with Crippen LogP contribution < -0.4 is 18.9 Å².